The van der Waals surface area contributed by atoms with Crippen molar-refractivity contribution in [2.24, 2.45) is 0 Å². The van der Waals surface area contributed by atoms with Crippen molar-refractivity contribution in [2.75, 3.05) is 30.9 Å². The van der Waals surface area contributed by atoms with Crippen LogP contribution in [-0.2, 0) is 6.42 Å². The molecule has 19 heavy (non-hydrogen) atoms. The molecule has 0 atom stereocenters. The van der Waals surface area contributed by atoms with E-state index in [1.54, 1.807) is 4.90 Å². The van der Waals surface area contributed by atoms with Crippen molar-refractivity contribution in [3.63, 3.8) is 0 Å². The van der Waals surface area contributed by atoms with Crippen LogP contribution < -0.4 is 10.2 Å². The lowest BCUT2D eigenvalue weighted by molar-refractivity contribution is 0.929. The summed E-state index contributed by atoms with van der Waals surface area (Å²) < 4.78 is 0. The zero-order chi connectivity index (χ0) is 13.7. The van der Waals surface area contributed by atoms with Gasteiger partial charge in [-0.3, -0.25) is 0 Å². The highest BCUT2D eigenvalue weighted by Crippen LogP contribution is 2.11. The molecular formula is C13H16ClN5. The molecular weight excluding hydrogens is 262 g/mol. The van der Waals surface area contributed by atoms with Crippen LogP contribution in [0.2, 0.25) is 5.28 Å². The van der Waals surface area contributed by atoms with Gasteiger partial charge in [0.2, 0.25) is 17.2 Å². The highest BCUT2D eigenvalue weighted by atomic mass is 35.5. The number of benzene rings is 1. The van der Waals surface area contributed by atoms with E-state index in [4.69, 9.17) is 11.6 Å². The predicted octanol–water partition coefficient (Wildman–Crippen LogP) is 2.25. The van der Waals surface area contributed by atoms with E-state index in [2.05, 4.69) is 32.4 Å². The maximum absolute atomic E-state index is 5.86. The minimum Gasteiger partial charge on any atom is -0.354 e. The van der Waals surface area contributed by atoms with Crippen molar-refractivity contribution in [1.82, 2.24) is 15.0 Å². The standard InChI is InChI=1S/C13H16ClN5/c1-19(2)13-17-11(14)16-12(18-13)15-9-8-10-6-4-3-5-7-10/h3-7H,8-9H2,1-2H3,(H,15,16,17,18). The Bertz CT molecular complexity index is 530. The van der Waals surface area contributed by atoms with Crippen LogP contribution in [0.25, 0.3) is 0 Å². The van der Waals surface area contributed by atoms with Gasteiger partial charge < -0.3 is 10.2 Å². The van der Waals surface area contributed by atoms with E-state index in [1.807, 2.05) is 32.3 Å². The van der Waals surface area contributed by atoms with E-state index in [0.29, 0.717) is 11.9 Å². The van der Waals surface area contributed by atoms with E-state index in [1.165, 1.54) is 5.56 Å². The Hall–Kier alpha value is -1.88. The molecule has 2 rings (SSSR count). The molecule has 0 aliphatic rings. The van der Waals surface area contributed by atoms with Crippen molar-refractivity contribution in [2.45, 2.75) is 6.42 Å². The molecule has 0 unspecified atom stereocenters. The zero-order valence-corrected chi connectivity index (χ0v) is 11.7. The van der Waals surface area contributed by atoms with Gasteiger partial charge in [0.25, 0.3) is 0 Å². The second-order valence-electron chi connectivity index (χ2n) is 4.28. The highest BCUT2D eigenvalue weighted by molar-refractivity contribution is 6.28. The summed E-state index contributed by atoms with van der Waals surface area (Å²) in [7, 11) is 3.72. The maximum Gasteiger partial charge on any atom is 0.230 e. The average molecular weight is 278 g/mol. The average Bonchev–Trinajstić information content (AvgIpc) is 2.39. The summed E-state index contributed by atoms with van der Waals surface area (Å²) in [5.41, 5.74) is 1.27. The number of rotatable bonds is 5. The summed E-state index contributed by atoms with van der Waals surface area (Å²) >= 11 is 5.86. The summed E-state index contributed by atoms with van der Waals surface area (Å²) in [4.78, 5) is 14.1. The molecule has 1 aromatic carbocycles. The number of nitrogens with zero attached hydrogens (tertiary/aromatic N) is 4. The lowest BCUT2D eigenvalue weighted by Gasteiger charge is -2.11. The van der Waals surface area contributed by atoms with Gasteiger partial charge in [-0.2, -0.15) is 15.0 Å². The first-order valence-corrected chi connectivity index (χ1v) is 6.39. The van der Waals surface area contributed by atoms with Gasteiger partial charge in [-0.1, -0.05) is 30.3 Å². The second-order valence-corrected chi connectivity index (χ2v) is 4.62. The normalized spacial score (nSPS) is 10.3. The molecule has 0 saturated carbocycles. The first-order valence-electron chi connectivity index (χ1n) is 6.02. The molecule has 0 aliphatic carbocycles. The van der Waals surface area contributed by atoms with E-state index < -0.39 is 0 Å². The van der Waals surface area contributed by atoms with Crippen LogP contribution in [0.15, 0.2) is 30.3 Å². The second kappa shape index (κ2) is 6.33. The maximum atomic E-state index is 5.86. The van der Waals surface area contributed by atoms with E-state index in [0.717, 1.165) is 13.0 Å². The largest absolute Gasteiger partial charge is 0.354 e. The van der Waals surface area contributed by atoms with Crippen LogP contribution in [0.5, 0.6) is 0 Å². The predicted molar refractivity (Wildman–Crippen MR) is 77.8 cm³/mol. The van der Waals surface area contributed by atoms with Gasteiger partial charge in [0.05, 0.1) is 0 Å². The van der Waals surface area contributed by atoms with E-state index in [9.17, 15) is 0 Å². The quantitative estimate of drug-likeness (QED) is 0.908. The van der Waals surface area contributed by atoms with Crippen molar-refractivity contribution in [3.8, 4) is 0 Å². The number of anilines is 2. The molecule has 100 valence electrons. The number of hydrogen-bond donors (Lipinski definition) is 1. The topological polar surface area (TPSA) is 53.9 Å². The fourth-order valence-electron chi connectivity index (χ4n) is 1.58. The van der Waals surface area contributed by atoms with E-state index in [-0.39, 0.29) is 5.28 Å². The van der Waals surface area contributed by atoms with Crippen molar-refractivity contribution in [3.05, 3.63) is 41.2 Å². The van der Waals surface area contributed by atoms with Crippen molar-refractivity contribution in [1.29, 1.82) is 0 Å². The smallest absolute Gasteiger partial charge is 0.230 e. The van der Waals surface area contributed by atoms with Gasteiger partial charge in [-0.05, 0) is 23.6 Å². The molecule has 1 heterocycles. The number of halogens is 1. The molecule has 1 N–H and O–H groups in total. The monoisotopic (exact) mass is 277 g/mol. The molecule has 2 aromatic rings. The summed E-state index contributed by atoms with van der Waals surface area (Å²) in [5, 5.41) is 3.35. The van der Waals surface area contributed by atoms with Crippen LogP contribution in [0, 0.1) is 0 Å². The third-order valence-corrected chi connectivity index (χ3v) is 2.70. The molecule has 0 saturated heterocycles. The number of hydrogen-bond acceptors (Lipinski definition) is 5. The van der Waals surface area contributed by atoms with Crippen LogP contribution in [0.4, 0.5) is 11.9 Å². The Morgan fingerprint density at radius 1 is 1.11 bits per heavy atom. The van der Waals surface area contributed by atoms with Gasteiger partial charge in [-0.25, -0.2) is 0 Å². The molecule has 0 spiro atoms. The third kappa shape index (κ3) is 4.06. The molecule has 0 bridgehead atoms. The van der Waals surface area contributed by atoms with Crippen molar-refractivity contribution < 1.29 is 0 Å². The van der Waals surface area contributed by atoms with Gasteiger partial charge >= 0.3 is 0 Å². The minimum absolute atomic E-state index is 0.195. The van der Waals surface area contributed by atoms with Crippen LogP contribution in [-0.4, -0.2) is 35.6 Å². The van der Waals surface area contributed by atoms with Gasteiger partial charge in [-0.15, -0.1) is 0 Å². The molecule has 0 aliphatic heterocycles. The van der Waals surface area contributed by atoms with Gasteiger partial charge in [0, 0.05) is 20.6 Å². The van der Waals surface area contributed by atoms with Crippen LogP contribution in [0.1, 0.15) is 5.56 Å². The Kier molecular flexibility index (Phi) is 4.52. The Morgan fingerprint density at radius 2 is 1.84 bits per heavy atom. The summed E-state index contributed by atoms with van der Waals surface area (Å²) in [6.45, 7) is 0.747. The van der Waals surface area contributed by atoms with Gasteiger partial charge in [0.1, 0.15) is 0 Å². The number of nitrogens with one attached hydrogen (secondary N) is 1. The molecule has 5 nitrogen and oxygen atoms in total. The first kappa shape index (κ1) is 13.5. The molecule has 0 amide bonds. The molecule has 6 heteroatoms. The fraction of sp³-hybridized carbons (Fsp3) is 0.308. The Labute approximate surface area is 117 Å². The SMILES string of the molecule is CN(C)c1nc(Cl)nc(NCCc2ccccc2)n1. The van der Waals surface area contributed by atoms with Gasteiger partial charge in [0.15, 0.2) is 0 Å². The molecule has 1 aromatic heterocycles. The number of aromatic nitrogens is 3. The molecule has 0 radical (unpaired) electrons. The minimum atomic E-state index is 0.195. The lowest BCUT2D eigenvalue weighted by Crippen LogP contribution is -2.16. The van der Waals surface area contributed by atoms with Crippen LogP contribution in [0.3, 0.4) is 0 Å². The summed E-state index contributed by atoms with van der Waals surface area (Å²) in [5.74, 6) is 1.04. The summed E-state index contributed by atoms with van der Waals surface area (Å²) in [6, 6.07) is 10.2. The van der Waals surface area contributed by atoms with Crippen LogP contribution >= 0.6 is 11.6 Å². The zero-order valence-electron chi connectivity index (χ0n) is 11.0. The van der Waals surface area contributed by atoms with E-state index >= 15 is 0 Å². The Balaban J connectivity index is 1.96. The third-order valence-electron chi connectivity index (χ3n) is 2.54. The first-order chi connectivity index (χ1) is 9.15. The Morgan fingerprint density at radius 3 is 2.53 bits per heavy atom. The summed E-state index contributed by atoms with van der Waals surface area (Å²) in [6.07, 6.45) is 0.904. The lowest BCUT2D eigenvalue weighted by atomic mass is 10.1. The van der Waals surface area contributed by atoms with Crippen molar-refractivity contribution >= 4 is 23.5 Å². The highest BCUT2D eigenvalue weighted by Gasteiger charge is 2.05. The molecule has 0 fully saturated rings. The fourth-order valence-corrected chi connectivity index (χ4v) is 1.74.